The van der Waals surface area contributed by atoms with E-state index in [-0.39, 0.29) is 16.8 Å². The first-order chi connectivity index (χ1) is 12.6. The predicted octanol–water partition coefficient (Wildman–Crippen LogP) is 2.08. The third-order valence-corrected chi connectivity index (χ3v) is 5.11. The number of nitrogens with two attached hydrogens (primary N) is 1. The van der Waals surface area contributed by atoms with E-state index in [0.29, 0.717) is 5.69 Å². The number of nitrogens with one attached hydrogen (secondary N) is 2. The van der Waals surface area contributed by atoms with Gasteiger partial charge in [-0.3, -0.25) is 4.79 Å². The highest BCUT2D eigenvalue weighted by Gasteiger charge is 2.19. The molecule has 146 valence electrons. The highest BCUT2D eigenvalue weighted by Crippen LogP contribution is 2.28. The molecule has 8 heteroatoms. The van der Waals surface area contributed by atoms with Gasteiger partial charge in [0.15, 0.2) is 0 Å². The lowest BCUT2D eigenvalue weighted by Crippen LogP contribution is -2.39. The number of nitrogens with zero attached hydrogens (tertiary/aromatic N) is 1. The summed E-state index contributed by atoms with van der Waals surface area (Å²) in [6.07, 6.45) is 0. The first-order valence-electron chi connectivity index (χ1n) is 8.55. The van der Waals surface area contributed by atoms with E-state index in [2.05, 4.69) is 10.6 Å². The van der Waals surface area contributed by atoms with Gasteiger partial charge in [-0.05, 0) is 37.6 Å². The first kappa shape index (κ1) is 20.7. The molecule has 0 heterocycles. The minimum atomic E-state index is -3.84. The average Bonchev–Trinajstić information content (AvgIpc) is 2.61. The molecule has 4 N–H and O–H groups in total. The number of amides is 1. The van der Waals surface area contributed by atoms with Crippen LogP contribution in [0, 0.1) is 0 Å². The maximum atomic E-state index is 12.6. The van der Waals surface area contributed by atoms with Crippen LogP contribution in [0.3, 0.4) is 0 Å². The van der Waals surface area contributed by atoms with E-state index in [1.165, 1.54) is 12.1 Å². The van der Waals surface area contributed by atoms with Crippen molar-refractivity contribution >= 4 is 27.3 Å². The summed E-state index contributed by atoms with van der Waals surface area (Å²) in [5, 5.41) is 11.3. The molecule has 2 aromatic rings. The molecule has 2 atom stereocenters. The van der Waals surface area contributed by atoms with Crippen molar-refractivity contribution in [1.82, 2.24) is 5.32 Å². The molecule has 0 aliphatic rings. The lowest BCUT2D eigenvalue weighted by molar-refractivity contribution is -0.122. The number of hydrogen-bond donors (Lipinski definition) is 3. The quantitative estimate of drug-likeness (QED) is 0.671. The fourth-order valence-electron chi connectivity index (χ4n) is 2.66. The van der Waals surface area contributed by atoms with Crippen LogP contribution in [-0.4, -0.2) is 34.5 Å². The normalized spacial score (nSPS) is 13.5. The molecule has 0 saturated heterocycles. The average molecular weight is 391 g/mol. The van der Waals surface area contributed by atoms with Gasteiger partial charge < -0.3 is 15.5 Å². The van der Waals surface area contributed by atoms with Gasteiger partial charge in [-0.1, -0.05) is 30.3 Å². The van der Waals surface area contributed by atoms with Gasteiger partial charge in [0.05, 0.1) is 22.3 Å². The summed E-state index contributed by atoms with van der Waals surface area (Å²) in [6.45, 7) is 3.63. The summed E-state index contributed by atoms with van der Waals surface area (Å²) in [6, 6.07) is 13.5. The van der Waals surface area contributed by atoms with E-state index in [0.717, 1.165) is 11.3 Å². The Labute approximate surface area is 160 Å². The molecule has 27 heavy (non-hydrogen) atoms. The van der Waals surface area contributed by atoms with Crippen LogP contribution in [-0.2, 0) is 14.8 Å². The van der Waals surface area contributed by atoms with E-state index in [4.69, 9.17) is 5.14 Å². The van der Waals surface area contributed by atoms with Crippen molar-refractivity contribution in [3.05, 3.63) is 54.1 Å². The van der Waals surface area contributed by atoms with Crippen molar-refractivity contribution in [1.29, 1.82) is 0 Å². The van der Waals surface area contributed by atoms with Crippen LogP contribution in [0.5, 0.6) is 0 Å². The van der Waals surface area contributed by atoms with E-state index in [1.807, 2.05) is 56.3 Å². The van der Waals surface area contributed by atoms with E-state index in [1.54, 1.807) is 13.0 Å². The third kappa shape index (κ3) is 5.45. The monoisotopic (exact) mass is 390 g/mol. The fraction of sp³-hybridized carbons (Fsp3) is 0.316. The maximum Gasteiger partial charge on any atom is 0.242 e. The molecule has 2 rings (SSSR count). The Balaban J connectivity index is 2.18. The van der Waals surface area contributed by atoms with Crippen molar-refractivity contribution in [2.45, 2.75) is 30.8 Å². The molecular formula is C19H26N4O3S. The predicted molar refractivity (Wildman–Crippen MR) is 108 cm³/mol. The molecule has 0 bridgehead atoms. The topological polar surface area (TPSA) is 105 Å². The number of anilines is 2. The van der Waals surface area contributed by atoms with Crippen LogP contribution in [0.4, 0.5) is 11.4 Å². The van der Waals surface area contributed by atoms with Crippen molar-refractivity contribution in [2.24, 2.45) is 5.14 Å². The molecule has 0 saturated carbocycles. The second-order valence-electron chi connectivity index (χ2n) is 6.63. The summed E-state index contributed by atoms with van der Waals surface area (Å²) in [4.78, 5) is 14.4. The summed E-state index contributed by atoms with van der Waals surface area (Å²) in [5.74, 6) is -0.197. The van der Waals surface area contributed by atoms with Gasteiger partial charge in [0.25, 0.3) is 0 Å². The van der Waals surface area contributed by atoms with E-state index < -0.39 is 16.1 Å². The van der Waals surface area contributed by atoms with Gasteiger partial charge in [-0.25, -0.2) is 13.6 Å². The fourth-order valence-corrected chi connectivity index (χ4v) is 3.20. The minimum absolute atomic E-state index is 0.0131. The Bertz CT molecular complexity index is 898. The van der Waals surface area contributed by atoms with Crippen molar-refractivity contribution < 1.29 is 13.2 Å². The number of primary sulfonamides is 1. The minimum Gasteiger partial charge on any atom is -0.376 e. The number of sulfonamides is 1. The van der Waals surface area contributed by atoms with Crippen molar-refractivity contribution in [2.75, 3.05) is 24.3 Å². The molecule has 0 aliphatic heterocycles. The van der Waals surface area contributed by atoms with Crippen LogP contribution < -0.4 is 20.7 Å². The van der Waals surface area contributed by atoms with Crippen LogP contribution in [0.1, 0.15) is 25.5 Å². The maximum absolute atomic E-state index is 12.6. The smallest absolute Gasteiger partial charge is 0.242 e. The molecule has 0 aromatic heterocycles. The SMILES string of the molecule is CC(Nc1cc(S(N)(=O)=O)ccc1N(C)C)C(=O)NC(C)c1ccccc1. The molecule has 7 nitrogen and oxygen atoms in total. The standard InChI is InChI=1S/C19H26N4O3S/c1-13(15-8-6-5-7-9-15)22-19(24)14(2)21-17-12-16(27(20,25)26)10-11-18(17)23(3)4/h5-14,21H,1-4H3,(H,22,24)(H2,20,25,26). The summed E-state index contributed by atoms with van der Waals surface area (Å²) < 4.78 is 23.3. The van der Waals surface area contributed by atoms with Gasteiger partial charge in [0.1, 0.15) is 6.04 Å². The van der Waals surface area contributed by atoms with Crippen LogP contribution in [0.25, 0.3) is 0 Å². The molecule has 0 fully saturated rings. The molecule has 0 radical (unpaired) electrons. The summed E-state index contributed by atoms with van der Waals surface area (Å²) in [7, 11) is -0.173. The van der Waals surface area contributed by atoms with Crippen LogP contribution in [0.15, 0.2) is 53.4 Å². The molecule has 0 spiro atoms. The molecule has 1 amide bonds. The van der Waals surface area contributed by atoms with Crippen molar-refractivity contribution in [3.8, 4) is 0 Å². The summed E-state index contributed by atoms with van der Waals surface area (Å²) in [5.41, 5.74) is 2.27. The second kappa shape index (κ2) is 8.41. The van der Waals surface area contributed by atoms with Gasteiger partial charge in [0.2, 0.25) is 15.9 Å². The summed E-state index contributed by atoms with van der Waals surface area (Å²) >= 11 is 0. The largest absolute Gasteiger partial charge is 0.376 e. The highest BCUT2D eigenvalue weighted by molar-refractivity contribution is 7.89. The number of rotatable bonds is 7. The number of carbonyl (C=O) groups excluding carboxylic acids is 1. The molecule has 2 unspecified atom stereocenters. The Morgan fingerprint density at radius 3 is 2.26 bits per heavy atom. The van der Waals surface area contributed by atoms with Crippen LogP contribution in [0.2, 0.25) is 0 Å². The molecule has 0 aliphatic carbocycles. The molecular weight excluding hydrogens is 364 g/mol. The Kier molecular flexibility index (Phi) is 6.45. The number of carbonyl (C=O) groups is 1. The second-order valence-corrected chi connectivity index (χ2v) is 8.19. The van der Waals surface area contributed by atoms with Gasteiger partial charge in [-0.15, -0.1) is 0 Å². The van der Waals surface area contributed by atoms with Gasteiger partial charge >= 0.3 is 0 Å². The Hall–Kier alpha value is -2.58. The Morgan fingerprint density at radius 1 is 1.07 bits per heavy atom. The van der Waals surface area contributed by atoms with Crippen LogP contribution >= 0.6 is 0 Å². The number of benzene rings is 2. The zero-order valence-corrected chi connectivity index (χ0v) is 16.7. The molecule has 2 aromatic carbocycles. The highest BCUT2D eigenvalue weighted by atomic mass is 32.2. The first-order valence-corrected chi connectivity index (χ1v) is 10.1. The van der Waals surface area contributed by atoms with Gasteiger partial charge in [-0.2, -0.15) is 0 Å². The van der Waals surface area contributed by atoms with Gasteiger partial charge in [0, 0.05) is 14.1 Å². The zero-order valence-electron chi connectivity index (χ0n) is 15.9. The lowest BCUT2D eigenvalue weighted by Gasteiger charge is -2.23. The van der Waals surface area contributed by atoms with Crippen molar-refractivity contribution in [3.63, 3.8) is 0 Å². The zero-order chi connectivity index (χ0) is 20.2. The van der Waals surface area contributed by atoms with E-state index in [9.17, 15) is 13.2 Å². The van der Waals surface area contributed by atoms with E-state index >= 15 is 0 Å². The third-order valence-electron chi connectivity index (χ3n) is 4.20. The number of hydrogen-bond acceptors (Lipinski definition) is 5. The Morgan fingerprint density at radius 2 is 1.70 bits per heavy atom. The lowest BCUT2D eigenvalue weighted by atomic mass is 10.1.